The fourth-order valence-electron chi connectivity index (χ4n) is 2.44. The molecule has 2 rings (SSSR count). The van der Waals surface area contributed by atoms with Crippen LogP contribution in [0.25, 0.3) is 0 Å². The molecule has 16 heavy (non-hydrogen) atoms. The van der Waals surface area contributed by atoms with Crippen molar-refractivity contribution < 1.29 is 0 Å². The molecular weight excluding hydrogens is 264 g/mol. The Kier molecular flexibility index (Phi) is 4.24. The maximum absolute atomic E-state index is 5.82. The summed E-state index contributed by atoms with van der Waals surface area (Å²) >= 11 is 3.45. The Hall–Kier alpha value is -0.540. The third-order valence-corrected chi connectivity index (χ3v) is 3.94. The van der Waals surface area contributed by atoms with Crippen molar-refractivity contribution in [3.63, 3.8) is 0 Å². The summed E-state index contributed by atoms with van der Waals surface area (Å²) in [5, 5.41) is 3.61. The van der Waals surface area contributed by atoms with Gasteiger partial charge in [-0.2, -0.15) is 0 Å². The second-order valence-corrected chi connectivity index (χ2v) is 5.45. The summed E-state index contributed by atoms with van der Waals surface area (Å²) in [5.74, 6) is 0.636. The van der Waals surface area contributed by atoms with Crippen molar-refractivity contribution in [2.45, 2.75) is 31.7 Å². The zero-order valence-corrected chi connectivity index (χ0v) is 11.0. The summed E-state index contributed by atoms with van der Waals surface area (Å²) in [6.45, 7) is 0.800. The minimum absolute atomic E-state index is 0.555. The lowest BCUT2D eigenvalue weighted by Crippen LogP contribution is -2.36. The van der Waals surface area contributed by atoms with E-state index in [0.717, 1.165) is 11.0 Å². The minimum Gasteiger partial charge on any atom is -0.382 e. The van der Waals surface area contributed by atoms with Gasteiger partial charge in [-0.25, -0.2) is 0 Å². The van der Waals surface area contributed by atoms with Crippen LogP contribution in [0.15, 0.2) is 28.7 Å². The van der Waals surface area contributed by atoms with Crippen LogP contribution in [-0.4, -0.2) is 12.6 Å². The Morgan fingerprint density at radius 2 is 1.88 bits per heavy atom. The summed E-state index contributed by atoms with van der Waals surface area (Å²) in [6, 6.07) is 8.93. The maximum Gasteiger partial charge on any atom is 0.0343 e. The van der Waals surface area contributed by atoms with Crippen molar-refractivity contribution in [3.05, 3.63) is 28.7 Å². The monoisotopic (exact) mass is 282 g/mol. The van der Waals surface area contributed by atoms with Crippen molar-refractivity contribution in [2.75, 3.05) is 11.9 Å². The van der Waals surface area contributed by atoms with Crippen LogP contribution >= 0.6 is 15.9 Å². The lowest BCUT2D eigenvalue weighted by Gasteiger charge is -2.32. The molecule has 0 heterocycles. The van der Waals surface area contributed by atoms with E-state index < -0.39 is 0 Å². The van der Waals surface area contributed by atoms with Crippen LogP contribution in [0.1, 0.15) is 25.7 Å². The van der Waals surface area contributed by atoms with Gasteiger partial charge in [0.2, 0.25) is 0 Å². The largest absolute Gasteiger partial charge is 0.382 e. The molecule has 1 saturated carbocycles. The van der Waals surface area contributed by atoms with Crippen molar-refractivity contribution in [3.8, 4) is 0 Å². The summed E-state index contributed by atoms with van der Waals surface area (Å²) in [7, 11) is 0. The van der Waals surface area contributed by atoms with Crippen LogP contribution in [0.4, 0.5) is 5.69 Å². The second-order valence-electron chi connectivity index (χ2n) is 4.54. The van der Waals surface area contributed by atoms with Gasteiger partial charge in [-0.3, -0.25) is 0 Å². The van der Waals surface area contributed by atoms with Crippen molar-refractivity contribution in [2.24, 2.45) is 11.7 Å². The van der Waals surface area contributed by atoms with Crippen LogP contribution < -0.4 is 11.1 Å². The highest BCUT2D eigenvalue weighted by atomic mass is 79.9. The van der Waals surface area contributed by atoms with E-state index in [4.69, 9.17) is 5.73 Å². The SMILES string of the molecule is NCC1CCCCC1Nc1ccc(Br)cc1. The van der Waals surface area contributed by atoms with Gasteiger partial charge in [-0.15, -0.1) is 0 Å². The lowest BCUT2D eigenvalue weighted by molar-refractivity contribution is 0.332. The molecule has 0 bridgehead atoms. The number of halogens is 1. The maximum atomic E-state index is 5.82. The standard InChI is InChI=1S/C13H19BrN2/c14-11-5-7-12(8-6-11)16-13-4-2-1-3-10(13)9-15/h5-8,10,13,16H,1-4,9,15H2. The fourth-order valence-corrected chi connectivity index (χ4v) is 2.70. The van der Waals surface area contributed by atoms with E-state index in [1.54, 1.807) is 0 Å². The summed E-state index contributed by atoms with van der Waals surface area (Å²) in [4.78, 5) is 0. The van der Waals surface area contributed by atoms with Gasteiger partial charge in [0, 0.05) is 16.2 Å². The van der Waals surface area contributed by atoms with Gasteiger partial charge in [0.05, 0.1) is 0 Å². The molecule has 1 aliphatic rings. The van der Waals surface area contributed by atoms with Gasteiger partial charge in [0.25, 0.3) is 0 Å². The van der Waals surface area contributed by atoms with Crippen LogP contribution in [0.5, 0.6) is 0 Å². The number of anilines is 1. The molecule has 2 nitrogen and oxygen atoms in total. The molecule has 2 unspecified atom stereocenters. The molecule has 3 heteroatoms. The van der Waals surface area contributed by atoms with E-state index in [0.29, 0.717) is 12.0 Å². The number of nitrogens with one attached hydrogen (secondary N) is 1. The van der Waals surface area contributed by atoms with E-state index in [2.05, 4.69) is 45.5 Å². The fraction of sp³-hybridized carbons (Fsp3) is 0.538. The van der Waals surface area contributed by atoms with Crippen molar-refractivity contribution in [1.29, 1.82) is 0 Å². The summed E-state index contributed by atoms with van der Waals surface area (Å²) < 4.78 is 1.12. The molecule has 0 radical (unpaired) electrons. The van der Waals surface area contributed by atoms with Gasteiger partial charge in [-0.1, -0.05) is 28.8 Å². The molecule has 0 aliphatic heterocycles. The first-order valence-corrected chi connectivity index (χ1v) is 6.81. The third-order valence-electron chi connectivity index (χ3n) is 3.41. The number of benzene rings is 1. The number of hydrogen-bond donors (Lipinski definition) is 2. The first-order chi connectivity index (χ1) is 7.79. The highest BCUT2D eigenvalue weighted by Gasteiger charge is 2.23. The normalized spacial score (nSPS) is 25.4. The Morgan fingerprint density at radius 1 is 1.19 bits per heavy atom. The van der Waals surface area contributed by atoms with Gasteiger partial charge < -0.3 is 11.1 Å². The first kappa shape index (κ1) is 11.9. The third kappa shape index (κ3) is 2.98. The number of hydrogen-bond acceptors (Lipinski definition) is 2. The Bertz CT molecular complexity index is 323. The van der Waals surface area contributed by atoms with Crippen molar-refractivity contribution >= 4 is 21.6 Å². The number of nitrogens with two attached hydrogens (primary N) is 1. The molecule has 1 aromatic rings. The summed E-state index contributed by atoms with van der Waals surface area (Å²) in [5.41, 5.74) is 7.03. The highest BCUT2D eigenvalue weighted by Crippen LogP contribution is 2.27. The molecule has 3 N–H and O–H groups in total. The van der Waals surface area contributed by atoms with Crippen LogP contribution in [-0.2, 0) is 0 Å². The smallest absolute Gasteiger partial charge is 0.0343 e. The molecule has 2 atom stereocenters. The van der Waals surface area contributed by atoms with Crippen molar-refractivity contribution in [1.82, 2.24) is 0 Å². The van der Waals surface area contributed by atoms with Gasteiger partial charge >= 0.3 is 0 Å². The topological polar surface area (TPSA) is 38.0 Å². The Labute approximate surface area is 106 Å². The average molecular weight is 283 g/mol. The van der Waals surface area contributed by atoms with E-state index >= 15 is 0 Å². The average Bonchev–Trinajstić information content (AvgIpc) is 2.33. The lowest BCUT2D eigenvalue weighted by atomic mass is 9.84. The molecule has 1 fully saturated rings. The quantitative estimate of drug-likeness (QED) is 0.892. The molecule has 0 saturated heterocycles. The van der Waals surface area contributed by atoms with Crippen LogP contribution in [0.2, 0.25) is 0 Å². The van der Waals surface area contributed by atoms with Crippen LogP contribution in [0.3, 0.4) is 0 Å². The molecule has 0 spiro atoms. The number of rotatable bonds is 3. The predicted molar refractivity (Wildman–Crippen MR) is 72.6 cm³/mol. The predicted octanol–water partition coefficient (Wildman–Crippen LogP) is 3.38. The van der Waals surface area contributed by atoms with Gasteiger partial charge in [0.1, 0.15) is 0 Å². The zero-order chi connectivity index (χ0) is 11.4. The van der Waals surface area contributed by atoms with E-state index in [9.17, 15) is 0 Å². The molecule has 0 aromatic heterocycles. The van der Waals surface area contributed by atoms with E-state index in [-0.39, 0.29) is 0 Å². The Morgan fingerprint density at radius 3 is 2.56 bits per heavy atom. The van der Waals surface area contributed by atoms with Gasteiger partial charge in [-0.05, 0) is 49.6 Å². The van der Waals surface area contributed by atoms with Gasteiger partial charge in [0.15, 0.2) is 0 Å². The molecular formula is C13H19BrN2. The first-order valence-electron chi connectivity index (χ1n) is 6.02. The molecule has 1 aliphatic carbocycles. The summed E-state index contributed by atoms with van der Waals surface area (Å²) in [6.07, 6.45) is 5.17. The van der Waals surface area contributed by atoms with Crippen LogP contribution in [0, 0.1) is 5.92 Å². The second kappa shape index (κ2) is 5.69. The highest BCUT2D eigenvalue weighted by molar-refractivity contribution is 9.10. The molecule has 88 valence electrons. The zero-order valence-electron chi connectivity index (χ0n) is 9.45. The Balaban J connectivity index is 1.99. The van der Waals surface area contributed by atoms with E-state index in [1.807, 2.05) is 0 Å². The minimum atomic E-state index is 0.555. The molecule has 1 aromatic carbocycles. The molecule has 0 amide bonds. The van der Waals surface area contributed by atoms with E-state index in [1.165, 1.54) is 31.4 Å².